The van der Waals surface area contributed by atoms with E-state index in [0.717, 1.165) is 44.6 Å². The van der Waals surface area contributed by atoms with E-state index in [9.17, 15) is 19.8 Å². The first kappa shape index (κ1) is 32.9. The molecule has 2 saturated heterocycles. The number of carbonyl (C=O) groups is 2. The number of piperidine rings is 1. The second-order valence-corrected chi connectivity index (χ2v) is 11.7. The minimum atomic E-state index is -1.44. The molecule has 2 aromatic carbocycles. The molecule has 2 fully saturated rings. The number of benzene rings is 2. The van der Waals surface area contributed by atoms with Crippen molar-refractivity contribution in [1.82, 2.24) is 20.0 Å². The summed E-state index contributed by atoms with van der Waals surface area (Å²) in [5.74, 6) is -0.689. The largest absolute Gasteiger partial charge is 0.453 e. The molecule has 2 heterocycles. The summed E-state index contributed by atoms with van der Waals surface area (Å²) in [4.78, 5) is 31.4. The van der Waals surface area contributed by atoms with Gasteiger partial charge in [-0.2, -0.15) is 0 Å². The summed E-state index contributed by atoms with van der Waals surface area (Å²) in [5, 5.41) is 24.5. The van der Waals surface area contributed by atoms with Crippen molar-refractivity contribution in [2.75, 3.05) is 72.6 Å². The van der Waals surface area contributed by atoms with Gasteiger partial charge in [-0.25, -0.2) is 9.18 Å². The number of carbonyl (C=O) groups excluding carboxylic acids is 2. The van der Waals surface area contributed by atoms with Gasteiger partial charge in [0.25, 0.3) is 0 Å². The van der Waals surface area contributed by atoms with Crippen LogP contribution in [0.15, 0.2) is 42.5 Å². The standard InChI is InChI=1S/C33H47FN4O5/c1-3-25-8-4-9-26(22-25)31-28(11-5-12-29(31)34)33(42,13-7-14-35-32(41)43-2)27-10-6-15-38(23-27)30(40)24-37-18-16-36(17-19-37)20-21-39/h4-5,8-9,11-12,22,27,39,42H,3,6-7,10,13-21,23-24H2,1-2H3,(H,35,41). The van der Waals surface area contributed by atoms with E-state index in [2.05, 4.69) is 22.0 Å². The SMILES string of the molecule is CCc1cccc(-c2c(F)cccc2C(O)(CCCNC(=O)OC)C2CCCN(C(=O)CN3CCN(CCO)CC3)C2)c1. The van der Waals surface area contributed by atoms with E-state index in [1.165, 1.54) is 13.2 Å². The molecule has 0 aliphatic carbocycles. The van der Waals surface area contributed by atoms with Crippen molar-refractivity contribution in [3.63, 3.8) is 0 Å². The summed E-state index contributed by atoms with van der Waals surface area (Å²) in [6.45, 7) is 7.60. The van der Waals surface area contributed by atoms with Crippen LogP contribution < -0.4 is 5.32 Å². The molecule has 2 aliphatic rings. The molecule has 236 valence electrons. The molecule has 2 aromatic rings. The number of amides is 2. The number of ether oxygens (including phenoxy) is 1. The molecular weight excluding hydrogens is 551 g/mol. The maximum atomic E-state index is 15.7. The van der Waals surface area contributed by atoms with Crippen LogP contribution in [-0.2, 0) is 21.6 Å². The van der Waals surface area contributed by atoms with E-state index < -0.39 is 17.5 Å². The fraction of sp³-hybridized carbons (Fsp3) is 0.576. The van der Waals surface area contributed by atoms with Crippen molar-refractivity contribution in [3.8, 4) is 11.1 Å². The van der Waals surface area contributed by atoms with E-state index in [1.807, 2.05) is 29.2 Å². The summed E-state index contributed by atoms with van der Waals surface area (Å²) in [6.07, 6.45) is 2.41. The maximum Gasteiger partial charge on any atom is 0.406 e. The zero-order valence-electron chi connectivity index (χ0n) is 25.6. The van der Waals surface area contributed by atoms with Crippen molar-refractivity contribution in [2.24, 2.45) is 5.92 Å². The maximum absolute atomic E-state index is 15.7. The monoisotopic (exact) mass is 598 g/mol. The van der Waals surface area contributed by atoms with Crippen molar-refractivity contribution >= 4 is 12.0 Å². The third-order valence-corrected chi connectivity index (χ3v) is 8.98. The number of piperazine rings is 1. The molecule has 0 bridgehead atoms. The topological polar surface area (TPSA) is 106 Å². The summed E-state index contributed by atoms with van der Waals surface area (Å²) in [7, 11) is 1.30. The van der Waals surface area contributed by atoms with Gasteiger partial charge >= 0.3 is 6.09 Å². The Hall–Kier alpha value is -3.05. The van der Waals surface area contributed by atoms with Crippen LogP contribution >= 0.6 is 0 Å². The van der Waals surface area contributed by atoms with E-state index in [1.54, 1.807) is 12.1 Å². The van der Waals surface area contributed by atoms with Crippen LogP contribution in [-0.4, -0.2) is 110 Å². The van der Waals surface area contributed by atoms with Crippen LogP contribution in [0.5, 0.6) is 0 Å². The molecule has 2 aliphatic heterocycles. The lowest BCUT2D eigenvalue weighted by Crippen LogP contribution is -2.53. The predicted octanol–water partition coefficient (Wildman–Crippen LogP) is 3.23. The first-order chi connectivity index (χ1) is 20.8. The fourth-order valence-electron chi connectivity index (χ4n) is 6.50. The second-order valence-electron chi connectivity index (χ2n) is 11.7. The number of nitrogens with one attached hydrogen (secondary N) is 1. The lowest BCUT2D eigenvalue weighted by molar-refractivity contribution is -0.138. The zero-order valence-corrected chi connectivity index (χ0v) is 25.6. The van der Waals surface area contributed by atoms with Gasteiger partial charge in [0.2, 0.25) is 5.91 Å². The molecule has 0 saturated carbocycles. The summed E-state index contributed by atoms with van der Waals surface area (Å²) < 4.78 is 20.4. The highest BCUT2D eigenvalue weighted by molar-refractivity contribution is 5.78. The highest BCUT2D eigenvalue weighted by Gasteiger charge is 2.43. The molecule has 2 unspecified atom stereocenters. The second kappa shape index (κ2) is 15.6. The number of aliphatic hydroxyl groups is 2. The van der Waals surface area contributed by atoms with Crippen LogP contribution in [0, 0.1) is 11.7 Å². The molecule has 4 rings (SSSR count). The summed E-state index contributed by atoms with van der Waals surface area (Å²) >= 11 is 0. The van der Waals surface area contributed by atoms with Gasteiger partial charge in [-0.3, -0.25) is 14.6 Å². The van der Waals surface area contributed by atoms with E-state index in [-0.39, 0.29) is 24.9 Å². The molecule has 43 heavy (non-hydrogen) atoms. The Balaban J connectivity index is 1.58. The van der Waals surface area contributed by atoms with E-state index in [0.29, 0.717) is 62.3 Å². The molecule has 2 atom stereocenters. The van der Waals surface area contributed by atoms with E-state index in [4.69, 9.17) is 4.74 Å². The van der Waals surface area contributed by atoms with Crippen LogP contribution in [0.2, 0.25) is 0 Å². The lowest BCUT2D eigenvalue weighted by atomic mass is 9.72. The quantitative estimate of drug-likeness (QED) is 0.322. The molecule has 0 spiro atoms. The lowest BCUT2D eigenvalue weighted by Gasteiger charge is -2.44. The van der Waals surface area contributed by atoms with Crippen LogP contribution in [0.3, 0.4) is 0 Å². The molecule has 3 N–H and O–H groups in total. The average Bonchev–Trinajstić information content (AvgIpc) is 3.03. The van der Waals surface area contributed by atoms with Crippen molar-refractivity contribution < 1.29 is 28.9 Å². The first-order valence-electron chi connectivity index (χ1n) is 15.5. The number of hydrogen-bond donors (Lipinski definition) is 3. The van der Waals surface area contributed by atoms with Crippen molar-refractivity contribution in [3.05, 3.63) is 59.4 Å². The molecule has 2 amide bonds. The third-order valence-electron chi connectivity index (χ3n) is 8.98. The molecule has 9 nitrogen and oxygen atoms in total. The Kier molecular flexibility index (Phi) is 11.9. The number of β-amino-alcohol motifs (C(OH)–C–C–N with tert-alkyl or cyclic N) is 1. The van der Waals surface area contributed by atoms with Gasteiger partial charge in [0.05, 0.1) is 25.9 Å². The Bertz CT molecular complexity index is 1220. The van der Waals surface area contributed by atoms with Gasteiger partial charge in [0, 0.05) is 63.8 Å². The highest BCUT2D eigenvalue weighted by atomic mass is 19.1. The number of rotatable bonds is 12. The van der Waals surface area contributed by atoms with Crippen LogP contribution in [0.1, 0.15) is 43.7 Å². The number of aryl methyl sites for hydroxylation is 1. The minimum absolute atomic E-state index is 0.0325. The molecule has 0 radical (unpaired) electrons. The summed E-state index contributed by atoms with van der Waals surface area (Å²) in [5.41, 5.74) is 1.24. The first-order valence-corrected chi connectivity index (χ1v) is 15.5. The number of hydrogen-bond acceptors (Lipinski definition) is 7. The van der Waals surface area contributed by atoms with Gasteiger partial charge in [0.15, 0.2) is 0 Å². The van der Waals surface area contributed by atoms with Crippen LogP contribution in [0.25, 0.3) is 11.1 Å². The summed E-state index contributed by atoms with van der Waals surface area (Å²) in [6, 6.07) is 12.6. The average molecular weight is 599 g/mol. The smallest absolute Gasteiger partial charge is 0.406 e. The fourth-order valence-corrected chi connectivity index (χ4v) is 6.50. The van der Waals surface area contributed by atoms with Gasteiger partial charge in [0.1, 0.15) is 5.82 Å². The molecule has 10 heteroatoms. The van der Waals surface area contributed by atoms with Gasteiger partial charge < -0.3 is 25.2 Å². The number of halogens is 1. The predicted molar refractivity (Wildman–Crippen MR) is 164 cm³/mol. The van der Waals surface area contributed by atoms with Gasteiger partial charge in [-0.05, 0) is 54.9 Å². The minimum Gasteiger partial charge on any atom is -0.453 e. The van der Waals surface area contributed by atoms with Crippen LogP contribution in [0.4, 0.5) is 9.18 Å². The Morgan fingerprint density at radius 1 is 1.09 bits per heavy atom. The van der Waals surface area contributed by atoms with Gasteiger partial charge in [-0.1, -0.05) is 43.3 Å². The zero-order chi connectivity index (χ0) is 30.8. The van der Waals surface area contributed by atoms with Gasteiger partial charge in [-0.15, -0.1) is 0 Å². The van der Waals surface area contributed by atoms with Crippen molar-refractivity contribution in [1.29, 1.82) is 0 Å². The number of likely N-dealkylation sites (tertiary alicyclic amines) is 1. The highest BCUT2D eigenvalue weighted by Crippen LogP contribution is 2.44. The third kappa shape index (κ3) is 8.32. The number of nitrogens with zero attached hydrogens (tertiary/aromatic N) is 3. The number of aliphatic hydroxyl groups excluding tert-OH is 1. The number of methoxy groups -OCH3 is 1. The normalized spacial score (nSPS) is 19.6. The van der Waals surface area contributed by atoms with E-state index >= 15 is 4.39 Å². The Morgan fingerprint density at radius 2 is 1.84 bits per heavy atom. The van der Waals surface area contributed by atoms with Crippen molar-refractivity contribution in [2.45, 2.75) is 44.6 Å². The molecular formula is C33H47FN4O5. The molecule has 0 aromatic heterocycles. The Morgan fingerprint density at radius 3 is 2.56 bits per heavy atom. The number of alkyl carbamates (subject to hydrolysis) is 1. The Labute approximate surface area is 254 Å².